The summed E-state index contributed by atoms with van der Waals surface area (Å²) in [5.74, 6) is -0.129. The van der Waals surface area contributed by atoms with E-state index in [1.54, 1.807) is 0 Å². The van der Waals surface area contributed by atoms with Crippen LogP contribution in [0, 0.1) is 46.3 Å². The summed E-state index contributed by atoms with van der Waals surface area (Å²) in [6.45, 7) is 8.70. The molecule has 0 saturated heterocycles. The second kappa shape index (κ2) is 11.3. The Bertz CT molecular complexity index is 898. The zero-order valence-corrected chi connectivity index (χ0v) is 23.4. The summed E-state index contributed by atoms with van der Waals surface area (Å²) in [6.07, 6.45) is 5.18. The molecule has 11 atom stereocenters. The predicted molar refractivity (Wildman–Crippen MR) is 141 cm³/mol. The normalized spacial score (nSPS) is 42.7. The van der Waals surface area contributed by atoms with Gasteiger partial charge in [-0.15, -0.1) is 0 Å². The molecule has 4 fully saturated rings. The highest BCUT2D eigenvalue weighted by molar-refractivity contribution is 5.81. The van der Waals surface area contributed by atoms with Crippen LogP contribution in [0.4, 0.5) is 4.79 Å². The van der Waals surface area contributed by atoms with Gasteiger partial charge in [0, 0.05) is 18.4 Å². The molecule has 38 heavy (non-hydrogen) atoms. The van der Waals surface area contributed by atoms with Crippen molar-refractivity contribution in [3.05, 3.63) is 0 Å². The molecule has 4 aliphatic carbocycles. The Labute approximate surface area is 226 Å². The largest absolute Gasteiger partial charge is 0.480 e. The number of ether oxygens (including phenoxy) is 1. The third-order valence-corrected chi connectivity index (χ3v) is 11.3. The van der Waals surface area contributed by atoms with Gasteiger partial charge in [0.05, 0.1) is 12.2 Å². The number of aliphatic hydroxyl groups is 2. The molecule has 0 heterocycles. The first-order chi connectivity index (χ1) is 17.9. The van der Waals surface area contributed by atoms with E-state index < -0.39 is 18.2 Å². The van der Waals surface area contributed by atoms with Gasteiger partial charge in [0.1, 0.15) is 12.6 Å². The lowest BCUT2D eigenvalue weighted by Gasteiger charge is -2.63. The minimum absolute atomic E-state index is 0.000763. The van der Waals surface area contributed by atoms with Gasteiger partial charge in [-0.1, -0.05) is 20.8 Å². The third kappa shape index (κ3) is 5.29. The van der Waals surface area contributed by atoms with Crippen LogP contribution in [0.2, 0.25) is 0 Å². The monoisotopic (exact) mass is 536 g/mol. The molecule has 0 spiro atoms. The molecule has 9 heteroatoms. The van der Waals surface area contributed by atoms with E-state index in [0.717, 1.165) is 32.1 Å². The molecule has 216 valence electrons. The molecule has 0 unspecified atom stereocenters. The molecule has 0 aromatic heterocycles. The van der Waals surface area contributed by atoms with Crippen molar-refractivity contribution in [2.24, 2.45) is 46.3 Å². The molecule has 4 saturated carbocycles. The Kier molecular flexibility index (Phi) is 8.67. The molecular weight excluding hydrogens is 488 g/mol. The number of hydrogen-bond donors (Lipinski definition) is 5. The van der Waals surface area contributed by atoms with Crippen molar-refractivity contribution in [3.63, 3.8) is 0 Å². The van der Waals surface area contributed by atoms with Crippen molar-refractivity contribution in [2.75, 3.05) is 13.1 Å². The van der Waals surface area contributed by atoms with Crippen LogP contribution < -0.4 is 10.6 Å². The first-order valence-corrected chi connectivity index (χ1v) is 14.7. The number of hydrogen-bond acceptors (Lipinski definition) is 6. The highest BCUT2D eigenvalue weighted by atomic mass is 16.6. The molecule has 0 aromatic rings. The maximum absolute atomic E-state index is 12.8. The van der Waals surface area contributed by atoms with Crippen molar-refractivity contribution in [2.45, 2.75) is 104 Å². The molecule has 4 rings (SSSR count). The average Bonchev–Trinajstić information content (AvgIpc) is 3.21. The van der Waals surface area contributed by atoms with E-state index >= 15 is 0 Å². The van der Waals surface area contributed by atoms with Gasteiger partial charge in [-0.2, -0.15) is 0 Å². The van der Waals surface area contributed by atoms with Gasteiger partial charge in [-0.05, 0) is 99.2 Å². The molecule has 0 aliphatic heterocycles. The molecule has 0 bridgehead atoms. The molecule has 4 aliphatic rings. The SMILES string of the molecule is CCNC(=O)O[C@H]1C[C@H]2[C@@H]([C@H](O)C[C@@H]3C[C@H](O)CC[C@@]32C)[C@@H]2CC[C@H]([C@H](C)CCC(=O)NCC(=O)O)[C@@]12C. The summed E-state index contributed by atoms with van der Waals surface area (Å²) < 4.78 is 6.22. The van der Waals surface area contributed by atoms with Crippen LogP contribution in [0.1, 0.15) is 85.5 Å². The molecular formula is C29H48N2O7. The van der Waals surface area contributed by atoms with Gasteiger partial charge >= 0.3 is 12.1 Å². The van der Waals surface area contributed by atoms with Gasteiger partial charge in [0.2, 0.25) is 5.91 Å². The number of alkyl carbamates (subject to hydrolysis) is 1. The zero-order chi connectivity index (χ0) is 27.8. The summed E-state index contributed by atoms with van der Waals surface area (Å²) in [4.78, 5) is 35.8. The molecule has 0 aromatic carbocycles. The second-order valence-electron chi connectivity index (χ2n) is 13.1. The van der Waals surface area contributed by atoms with Crippen LogP contribution in [-0.4, -0.2) is 64.7 Å². The average molecular weight is 537 g/mol. The van der Waals surface area contributed by atoms with Crippen molar-refractivity contribution >= 4 is 18.0 Å². The number of rotatable bonds is 8. The van der Waals surface area contributed by atoms with Crippen molar-refractivity contribution in [3.8, 4) is 0 Å². The summed E-state index contributed by atoms with van der Waals surface area (Å²) in [6, 6.07) is 0. The first-order valence-electron chi connectivity index (χ1n) is 14.7. The summed E-state index contributed by atoms with van der Waals surface area (Å²) >= 11 is 0. The highest BCUT2D eigenvalue weighted by Crippen LogP contribution is 2.69. The third-order valence-electron chi connectivity index (χ3n) is 11.3. The maximum Gasteiger partial charge on any atom is 0.407 e. The maximum atomic E-state index is 12.8. The van der Waals surface area contributed by atoms with Gasteiger partial charge < -0.3 is 30.7 Å². The van der Waals surface area contributed by atoms with E-state index in [-0.39, 0.29) is 77.4 Å². The minimum atomic E-state index is -1.06. The molecule has 9 nitrogen and oxygen atoms in total. The van der Waals surface area contributed by atoms with Crippen LogP contribution in [0.3, 0.4) is 0 Å². The van der Waals surface area contributed by atoms with Crippen LogP contribution in [-0.2, 0) is 14.3 Å². The standard InChI is InChI=1S/C29H48N2O7/c1-5-30-27(37)38-23-14-21-26(22(33)13-17-12-18(32)10-11-28(17,21)3)20-8-7-19(29(20,23)4)16(2)6-9-24(34)31-15-25(35)36/h16-23,26,32-33H,5-15H2,1-4H3,(H,30,37)(H,31,34)(H,35,36)/t16-,17+,18-,19-,20+,21+,22-,23+,26+,28+,29-/m1/s1. The lowest BCUT2D eigenvalue weighted by molar-refractivity contribution is -0.206. The molecule has 5 N–H and O–H groups in total. The summed E-state index contributed by atoms with van der Waals surface area (Å²) in [5.41, 5.74) is -0.333. The van der Waals surface area contributed by atoms with E-state index in [4.69, 9.17) is 9.84 Å². The fraction of sp³-hybridized carbons (Fsp3) is 0.897. The minimum Gasteiger partial charge on any atom is -0.480 e. The number of fused-ring (bicyclic) bond motifs is 5. The second-order valence-corrected chi connectivity index (χ2v) is 13.1. The van der Waals surface area contributed by atoms with E-state index in [0.29, 0.717) is 25.8 Å². The van der Waals surface area contributed by atoms with Crippen LogP contribution in [0.5, 0.6) is 0 Å². The number of carbonyl (C=O) groups is 3. The number of carboxylic acid groups (broad SMARTS) is 1. The Morgan fingerprint density at radius 2 is 1.76 bits per heavy atom. The predicted octanol–water partition coefficient (Wildman–Crippen LogP) is 3.32. The number of carboxylic acids is 1. The van der Waals surface area contributed by atoms with Crippen LogP contribution >= 0.6 is 0 Å². The van der Waals surface area contributed by atoms with Crippen LogP contribution in [0.15, 0.2) is 0 Å². The van der Waals surface area contributed by atoms with Crippen molar-refractivity contribution in [1.29, 1.82) is 0 Å². The Morgan fingerprint density at radius 1 is 1.03 bits per heavy atom. The van der Waals surface area contributed by atoms with E-state index in [1.807, 2.05) is 6.92 Å². The number of nitrogens with one attached hydrogen (secondary N) is 2. The topological polar surface area (TPSA) is 145 Å². The fourth-order valence-corrected chi connectivity index (χ4v) is 9.42. The van der Waals surface area contributed by atoms with Crippen LogP contribution in [0.25, 0.3) is 0 Å². The van der Waals surface area contributed by atoms with Crippen molar-refractivity contribution in [1.82, 2.24) is 10.6 Å². The number of aliphatic carboxylic acids is 1. The highest BCUT2D eigenvalue weighted by Gasteiger charge is 2.66. The summed E-state index contributed by atoms with van der Waals surface area (Å²) in [7, 11) is 0. The lowest BCUT2D eigenvalue weighted by Crippen LogP contribution is -2.63. The fourth-order valence-electron chi connectivity index (χ4n) is 9.42. The Morgan fingerprint density at radius 3 is 2.45 bits per heavy atom. The zero-order valence-electron chi connectivity index (χ0n) is 23.4. The van der Waals surface area contributed by atoms with Gasteiger partial charge in [0.15, 0.2) is 0 Å². The number of aliphatic hydroxyl groups excluding tert-OH is 2. The van der Waals surface area contributed by atoms with Gasteiger partial charge in [0.25, 0.3) is 0 Å². The Balaban J connectivity index is 1.59. The quantitative estimate of drug-likeness (QED) is 0.320. The van der Waals surface area contributed by atoms with Gasteiger partial charge in [-0.3, -0.25) is 9.59 Å². The van der Waals surface area contributed by atoms with Gasteiger partial charge in [-0.25, -0.2) is 4.79 Å². The van der Waals surface area contributed by atoms with E-state index in [9.17, 15) is 24.6 Å². The van der Waals surface area contributed by atoms with E-state index in [2.05, 4.69) is 31.4 Å². The van der Waals surface area contributed by atoms with Crippen molar-refractivity contribution < 1.29 is 34.4 Å². The number of amides is 2. The van der Waals surface area contributed by atoms with E-state index in [1.165, 1.54) is 0 Å². The smallest absolute Gasteiger partial charge is 0.407 e. The lowest BCUT2D eigenvalue weighted by atomic mass is 9.43. The molecule has 0 radical (unpaired) electrons. The summed E-state index contributed by atoms with van der Waals surface area (Å²) in [5, 5.41) is 36.1. The molecule has 2 amide bonds. The number of carbonyl (C=O) groups excluding carboxylic acids is 2. The first kappa shape index (κ1) is 29.1. The Hall–Kier alpha value is -1.87.